The lowest BCUT2D eigenvalue weighted by Gasteiger charge is -2.30. The molecule has 0 aliphatic rings. The molecule has 0 radical (unpaired) electrons. The van der Waals surface area contributed by atoms with Crippen molar-refractivity contribution in [1.29, 1.82) is 0 Å². The molecule has 1 amide bonds. The molecule has 0 aliphatic heterocycles. The number of anilines is 2. The van der Waals surface area contributed by atoms with E-state index in [4.69, 9.17) is 5.73 Å². The highest BCUT2D eigenvalue weighted by Crippen LogP contribution is 2.26. The van der Waals surface area contributed by atoms with Crippen LogP contribution in [0, 0.1) is 0 Å². The van der Waals surface area contributed by atoms with Gasteiger partial charge in [-0.25, -0.2) is 0 Å². The third-order valence-corrected chi connectivity index (χ3v) is 3.45. The summed E-state index contributed by atoms with van der Waals surface area (Å²) in [6.45, 7) is 7.53. The maximum atomic E-state index is 11.6. The van der Waals surface area contributed by atoms with Crippen LogP contribution in [0.2, 0.25) is 0 Å². The molecule has 20 heavy (non-hydrogen) atoms. The zero-order chi connectivity index (χ0) is 15.1. The minimum atomic E-state index is -0.106. The second-order valence-corrected chi connectivity index (χ2v) is 5.35. The molecule has 0 aromatic heterocycles. The van der Waals surface area contributed by atoms with Gasteiger partial charge in [0.1, 0.15) is 0 Å². The number of nitrogens with one attached hydrogen (secondary N) is 1. The molecule has 0 spiro atoms. The van der Waals surface area contributed by atoms with Crippen LogP contribution >= 0.6 is 0 Å². The van der Waals surface area contributed by atoms with E-state index >= 15 is 0 Å². The molecule has 1 aromatic rings. The van der Waals surface area contributed by atoms with E-state index in [0.29, 0.717) is 17.3 Å². The maximum Gasteiger partial charge on any atom is 0.251 e. The number of nitrogen functional groups attached to an aromatic ring is 1. The number of hydrogen-bond donors (Lipinski definition) is 2. The Hall–Kier alpha value is -1.71. The predicted octanol–water partition coefficient (Wildman–Crippen LogP) is 3.03. The molecule has 1 aromatic carbocycles. The van der Waals surface area contributed by atoms with Gasteiger partial charge < -0.3 is 16.0 Å². The van der Waals surface area contributed by atoms with E-state index in [9.17, 15) is 4.79 Å². The topological polar surface area (TPSA) is 58.4 Å². The second kappa shape index (κ2) is 7.78. The lowest BCUT2D eigenvalue weighted by molar-refractivity contribution is 0.0963. The standard InChI is InChI=1S/C16H27N3O/c1-5-6-7-10-19(12(2)3)15-9-8-13(11-14(15)17)16(20)18-4/h8-9,11-12H,5-7,10,17H2,1-4H3,(H,18,20). The third-order valence-electron chi connectivity index (χ3n) is 3.45. The molecule has 4 heteroatoms. The molecule has 0 atom stereocenters. The highest BCUT2D eigenvalue weighted by Gasteiger charge is 2.14. The van der Waals surface area contributed by atoms with Gasteiger partial charge in [-0.3, -0.25) is 4.79 Å². The Kier molecular flexibility index (Phi) is 6.36. The van der Waals surface area contributed by atoms with Crippen LogP contribution in [0.15, 0.2) is 18.2 Å². The Labute approximate surface area is 122 Å². The fraction of sp³-hybridized carbons (Fsp3) is 0.562. The van der Waals surface area contributed by atoms with E-state index in [2.05, 4.69) is 31.0 Å². The van der Waals surface area contributed by atoms with Gasteiger partial charge in [0, 0.05) is 25.2 Å². The Balaban J connectivity index is 2.94. The van der Waals surface area contributed by atoms with E-state index in [1.165, 1.54) is 12.8 Å². The fourth-order valence-electron chi connectivity index (χ4n) is 2.29. The summed E-state index contributed by atoms with van der Waals surface area (Å²) in [6, 6.07) is 5.93. The molecule has 0 bridgehead atoms. The number of nitrogens with zero attached hydrogens (tertiary/aromatic N) is 1. The number of carbonyl (C=O) groups is 1. The number of unbranched alkanes of at least 4 members (excludes halogenated alkanes) is 2. The normalized spacial score (nSPS) is 10.7. The molecule has 4 nitrogen and oxygen atoms in total. The molecule has 0 unspecified atom stereocenters. The van der Waals surface area contributed by atoms with Crippen molar-refractivity contribution in [3.05, 3.63) is 23.8 Å². The first kappa shape index (κ1) is 16.3. The lowest BCUT2D eigenvalue weighted by atomic mass is 10.1. The number of nitrogens with two attached hydrogens (primary N) is 1. The summed E-state index contributed by atoms with van der Waals surface area (Å²) in [4.78, 5) is 13.9. The molecule has 112 valence electrons. The zero-order valence-corrected chi connectivity index (χ0v) is 13.1. The third kappa shape index (κ3) is 4.15. The molecule has 0 fully saturated rings. The van der Waals surface area contributed by atoms with Crippen molar-refractivity contribution in [3.63, 3.8) is 0 Å². The van der Waals surface area contributed by atoms with Crippen molar-refractivity contribution in [2.45, 2.75) is 46.1 Å². The van der Waals surface area contributed by atoms with Gasteiger partial charge in [0.15, 0.2) is 0 Å². The second-order valence-electron chi connectivity index (χ2n) is 5.35. The van der Waals surface area contributed by atoms with E-state index < -0.39 is 0 Å². The lowest BCUT2D eigenvalue weighted by Crippen LogP contribution is -2.32. The molecular weight excluding hydrogens is 250 g/mol. The van der Waals surface area contributed by atoms with Crippen molar-refractivity contribution >= 4 is 17.3 Å². The summed E-state index contributed by atoms with van der Waals surface area (Å²) in [5.74, 6) is -0.106. The van der Waals surface area contributed by atoms with Crippen LogP contribution < -0.4 is 16.0 Å². The monoisotopic (exact) mass is 277 g/mol. The Morgan fingerprint density at radius 2 is 2.05 bits per heavy atom. The molecular formula is C16H27N3O. The molecule has 0 saturated carbocycles. The van der Waals surface area contributed by atoms with Gasteiger partial charge in [-0.2, -0.15) is 0 Å². The first-order valence-electron chi connectivity index (χ1n) is 7.39. The first-order chi connectivity index (χ1) is 9.51. The molecule has 1 rings (SSSR count). The van der Waals surface area contributed by atoms with Crippen molar-refractivity contribution in [2.24, 2.45) is 0 Å². The molecule has 3 N–H and O–H groups in total. The minimum Gasteiger partial charge on any atom is -0.397 e. The van der Waals surface area contributed by atoms with Crippen molar-refractivity contribution in [1.82, 2.24) is 5.32 Å². The maximum absolute atomic E-state index is 11.6. The van der Waals surface area contributed by atoms with Crippen molar-refractivity contribution in [2.75, 3.05) is 24.2 Å². The van der Waals surface area contributed by atoms with Gasteiger partial charge in [-0.1, -0.05) is 19.8 Å². The number of hydrogen-bond acceptors (Lipinski definition) is 3. The van der Waals surface area contributed by atoms with Gasteiger partial charge in [0.25, 0.3) is 5.91 Å². The summed E-state index contributed by atoms with van der Waals surface area (Å²) in [6.07, 6.45) is 3.59. The Morgan fingerprint density at radius 1 is 1.35 bits per heavy atom. The molecule has 0 saturated heterocycles. The molecule has 0 aliphatic carbocycles. The van der Waals surface area contributed by atoms with E-state index in [1.54, 1.807) is 13.1 Å². The van der Waals surface area contributed by atoms with Crippen LogP contribution in [0.5, 0.6) is 0 Å². The van der Waals surface area contributed by atoms with E-state index in [-0.39, 0.29) is 5.91 Å². The summed E-state index contributed by atoms with van der Waals surface area (Å²) < 4.78 is 0. The van der Waals surface area contributed by atoms with Crippen molar-refractivity contribution in [3.8, 4) is 0 Å². The first-order valence-corrected chi connectivity index (χ1v) is 7.39. The number of carbonyl (C=O) groups excluding carboxylic acids is 1. The van der Waals surface area contributed by atoms with Crippen LogP contribution in [0.25, 0.3) is 0 Å². The average Bonchev–Trinajstić information content (AvgIpc) is 2.43. The summed E-state index contributed by atoms with van der Waals surface area (Å²) >= 11 is 0. The van der Waals surface area contributed by atoms with Gasteiger partial charge >= 0.3 is 0 Å². The smallest absolute Gasteiger partial charge is 0.251 e. The van der Waals surface area contributed by atoms with Gasteiger partial charge in [0.2, 0.25) is 0 Å². The van der Waals surface area contributed by atoms with Crippen LogP contribution in [0.3, 0.4) is 0 Å². The summed E-state index contributed by atoms with van der Waals surface area (Å²) in [5.41, 5.74) is 8.42. The van der Waals surface area contributed by atoms with Crippen LogP contribution in [-0.4, -0.2) is 25.5 Å². The van der Waals surface area contributed by atoms with Gasteiger partial charge in [0.05, 0.1) is 11.4 Å². The summed E-state index contributed by atoms with van der Waals surface area (Å²) in [7, 11) is 1.62. The number of benzene rings is 1. The van der Waals surface area contributed by atoms with Crippen LogP contribution in [0.1, 0.15) is 50.4 Å². The van der Waals surface area contributed by atoms with E-state index in [0.717, 1.165) is 18.7 Å². The van der Waals surface area contributed by atoms with Crippen molar-refractivity contribution < 1.29 is 4.79 Å². The molecule has 0 heterocycles. The van der Waals surface area contributed by atoms with Crippen LogP contribution in [0.4, 0.5) is 11.4 Å². The van der Waals surface area contributed by atoms with Gasteiger partial charge in [-0.05, 0) is 38.5 Å². The number of amides is 1. The highest BCUT2D eigenvalue weighted by molar-refractivity contribution is 5.96. The Morgan fingerprint density at radius 3 is 2.55 bits per heavy atom. The average molecular weight is 277 g/mol. The predicted molar refractivity (Wildman–Crippen MR) is 86.3 cm³/mol. The highest BCUT2D eigenvalue weighted by atomic mass is 16.1. The van der Waals surface area contributed by atoms with E-state index in [1.807, 2.05) is 12.1 Å². The fourth-order valence-corrected chi connectivity index (χ4v) is 2.29. The number of rotatable bonds is 7. The van der Waals surface area contributed by atoms with Crippen LogP contribution in [-0.2, 0) is 0 Å². The minimum absolute atomic E-state index is 0.106. The SMILES string of the molecule is CCCCCN(c1ccc(C(=O)NC)cc1N)C(C)C. The Bertz CT molecular complexity index is 443. The quantitative estimate of drug-likeness (QED) is 0.595. The summed E-state index contributed by atoms with van der Waals surface area (Å²) in [5, 5.41) is 2.61. The zero-order valence-electron chi connectivity index (χ0n) is 13.1. The van der Waals surface area contributed by atoms with Gasteiger partial charge in [-0.15, -0.1) is 0 Å². The largest absolute Gasteiger partial charge is 0.397 e.